The number of methoxy groups -OCH3 is 1. The molecule has 8 heteroatoms. The van der Waals surface area contributed by atoms with Crippen LogP contribution in [0, 0.1) is 10.1 Å². The molecule has 1 aliphatic rings. The molecule has 0 N–H and O–H groups in total. The summed E-state index contributed by atoms with van der Waals surface area (Å²) in [5.74, 6) is -1.85. The number of esters is 2. The number of nitrogens with zero attached hydrogens (tertiary/aromatic N) is 1. The van der Waals surface area contributed by atoms with Crippen molar-refractivity contribution in [2.24, 2.45) is 0 Å². The van der Waals surface area contributed by atoms with Gasteiger partial charge in [-0.05, 0) is 25.3 Å². The van der Waals surface area contributed by atoms with Crippen LogP contribution in [0.5, 0.6) is 0 Å². The molecule has 0 saturated heterocycles. The molecule has 1 fully saturated rings. The molecule has 8 nitrogen and oxygen atoms in total. The summed E-state index contributed by atoms with van der Waals surface area (Å²) >= 11 is 0. The van der Waals surface area contributed by atoms with Crippen LogP contribution in [0.2, 0.25) is 0 Å². The van der Waals surface area contributed by atoms with Crippen LogP contribution >= 0.6 is 0 Å². The lowest BCUT2D eigenvalue weighted by molar-refractivity contribution is -0.384. The third-order valence-electron chi connectivity index (χ3n) is 3.53. The van der Waals surface area contributed by atoms with Gasteiger partial charge < -0.3 is 9.47 Å². The quantitative estimate of drug-likeness (QED) is 0.473. The van der Waals surface area contributed by atoms with Crippen LogP contribution in [0.25, 0.3) is 0 Å². The van der Waals surface area contributed by atoms with E-state index >= 15 is 0 Å². The number of nitro groups is 1. The fourth-order valence-electron chi connectivity index (χ4n) is 2.34. The van der Waals surface area contributed by atoms with Crippen LogP contribution < -0.4 is 0 Å². The second kappa shape index (κ2) is 6.99. The maximum absolute atomic E-state index is 12.1. The second-order valence-corrected chi connectivity index (χ2v) is 5.12. The number of hydrogen-bond acceptors (Lipinski definition) is 7. The highest BCUT2D eigenvalue weighted by molar-refractivity contribution is 5.97. The summed E-state index contributed by atoms with van der Waals surface area (Å²) in [5.41, 5.74) is -0.739. The zero-order valence-corrected chi connectivity index (χ0v) is 12.4. The Kier molecular flexibility index (Phi) is 5.05. The van der Waals surface area contributed by atoms with Gasteiger partial charge >= 0.3 is 11.9 Å². The van der Waals surface area contributed by atoms with Gasteiger partial charge in [-0.1, -0.05) is 0 Å². The van der Waals surface area contributed by atoms with Gasteiger partial charge in [0.15, 0.2) is 11.9 Å². The van der Waals surface area contributed by atoms with Crippen molar-refractivity contribution in [1.82, 2.24) is 0 Å². The van der Waals surface area contributed by atoms with E-state index in [9.17, 15) is 24.5 Å². The summed E-state index contributed by atoms with van der Waals surface area (Å²) in [5, 5.41) is 10.9. The predicted octanol–water partition coefficient (Wildman–Crippen LogP) is 2.05. The van der Waals surface area contributed by atoms with Crippen molar-refractivity contribution in [1.29, 1.82) is 0 Å². The molecule has 23 heavy (non-hydrogen) atoms. The second-order valence-electron chi connectivity index (χ2n) is 5.12. The van der Waals surface area contributed by atoms with Crippen molar-refractivity contribution >= 4 is 23.4 Å². The maximum atomic E-state index is 12.1. The number of non-ortho nitro benzene ring substituents is 1. The minimum atomic E-state index is -0.876. The van der Waals surface area contributed by atoms with Gasteiger partial charge in [-0.15, -0.1) is 0 Å². The van der Waals surface area contributed by atoms with E-state index in [0.29, 0.717) is 12.8 Å². The van der Waals surface area contributed by atoms with Gasteiger partial charge in [0, 0.05) is 18.6 Å². The van der Waals surface area contributed by atoms with Crippen LogP contribution in [0.15, 0.2) is 18.2 Å². The lowest BCUT2D eigenvalue weighted by Crippen LogP contribution is -2.30. The number of rotatable bonds is 4. The van der Waals surface area contributed by atoms with Crippen molar-refractivity contribution in [3.05, 3.63) is 39.4 Å². The van der Waals surface area contributed by atoms with E-state index in [1.54, 1.807) is 0 Å². The Bertz CT molecular complexity index is 668. The highest BCUT2D eigenvalue weighted by Gasteiger charge is 2.27. The Balaban J connectivity index is 2.27. The van der Waals surface area contributed by atoms with Crippen molar-refractivity contribution in [2.75, 3.05) is 7.11 Å². The molecule has 0 aromatic heterocycles. The first-order valence-corrected chi connectivity index (χ1v) is 7.04. The fraction of sp³-hybridized carbons (Fsp3) is 0.400. The fourth-order valence-corrected chi connectivity index (χ4v) is 2.34. The Morgan fingerprint density at radius 1 is 1.17 bits per heavy atom. The highest BCUT2D eigenvalue weighted by Crippen LogP contribution is 2.22. The molecule has 1 aromatic carbocycles. The molecule has 1 atom stereocenters. The summed E-state index contributed by atoms with van der Waals surface area (Å²) in [7, 11) is 1.12. The Hall–Kier alpha value is -2.77. The third-order valence-corrected chi connectivity index (χ3v) is 3.53. The molecule has 0 bridgehead atoms. The Labute approximate surface area is 131 Å². The van der Waals surface area contributed by atoms with Crippen molar-refractivity contribution < 1.29 is 28.8 Å². The van der Waals surface area contributed by atoms with Gasteiger partial charge in [0.05, 0.1) is 23.2 Å². The van der Waals surface area contributed by atoms with Gasteiger partial charge in [0.1, 0.15) is 0 Å². The molecule has 122 valence electrons. The summed E-state index contributed by atoms with van der Waals surface area (Å²) < 4.78 is 9.63. The molecule has 0 heterocycles. The summed E-state index contributed by atoms with van der Waals surface area (Å²) in [6, 6.07) is 3.16. The number of nitro benzene ring substituents is 1. The van der Waals surface area contributed by atoms with E-state index in [-0.39, 0.29) is 16.9 Å². The minimum absolute atomic E-state index is 0.136. The first-order valence-electron chi connectivity index (χ1n) is 7.04. The highest BCUT2D eigenvalue weighted by atomic mass is 16.6. The van der Waals surface area contributed by atoms with E-state index in [1.165, 1.54) is 0 Å². The number of Topliss-reactive ketones (excluding diaryl/α,β-unsaturated/α-hetero) is 1. The summed E-state index contributed by atoms with van der Waals surface area (Å²) in [6.45, 7) is 0. The van der Waals surface area contributed by atoms with Crippen LogP contribution in [0.3, 0.4) is 0 Å². The lowest BCUT2D eigenvalue weighted by atomic mass is 9.96. The van der Waals surface area contributed by atoms with Gasteiger partial charge in [-0.25, -0.2) is 9.59 Å². The minimum Gasteiger partial charge on any atom is -0.465 e. The third kappa shape index (κ3) is 3.91. The molecule has 0 unspecified atom stereocenters. The predicted molar refractivity (Wildman–Crippen MR) is 77.1 cm³/mol. The number of ketones is 1. The summed E-state index contributed by atoms with van der Waals surface area (Å²) in [6.07, 6.45) is 1.48. The molecule has 1 saturated carbocycles. The zero-order chi connectivity index (χ0) is 17.0. The van der Waals surface area contributed by atoms with E-state index in [1.807, 2.05) is 0 Å². The first kappa shape index (κ1) is 16.6. The van der Waals surface area contributed by atoms with Crippen LogP contribution in [-0.4, -0.2) is 35.9 Å². The molecule has 0 amide bonds. The standard InChI is InChI=1S/C15H15NO7/c1-22-14(18)9-6-10(8-11(7-9)16(20)21)15(19)23-13-5-3-2-4-12(13)17/h6-8,13H,2-5H2,1H3/t13-/m0/s1. The largest absolute Gasteiger partial charge is 0.465 e. The lowest BCUT2D eigenvalue weighted by Gasteiger charge is -2.20. The van der Waals surface area contributed by atoms with Gasteiger partial charge in [-0.2, -0.15) is 0 Å². The maximum Gasteiger partial charge on any atom is 0.339 e. The molecular formula is C15H15NO7. The molecule has 0 radical (unpaired) electrons. The molecular weight excluding hydrogens is 306 g/mol. The van der Waals surface area contributed by atoms with E-state index in [4.69, 9.17) is 4.74 Å². The number of hydrogen-bond donors (Lipinski definition) is 0. The van der Waals surface area contributed by atoms with E-state index < -0.39 is 28.7 Å². The van der Waals surface area contributed by atoms with Gasteiger partial charge in [-0.3, -0.25) is 14.9 Å². The molecule has 1 aromatic rings. The normalized spacial score (nSPS) is 17.4. The number of benzene rings is 1. The van der Waals surface area contributed by atoms with Crippen LogP contribution in [0.1, 0.15) is 46.4 Å². The average molecular weight is 321 g/mol. The number of carbonyl (C=O) groups excluding carboxylic acids is 3. The van der Waals surface area contributed by atoms with E-state index in [2.05, 4.69) is 4.74 Å². The van der Waals surface area contributed by atoms with Crippen LogP contribution in [-0.2, 0) is 14.3 Å². The SMILES string of the molecule is COC(=O)c1cc(C(=O)O[C@H]2CCCCC2=O)cc([N+](=O)[O-])c1. The topological polar surface area (TPSA) is 113 Å². The molecule has 1 aliphatic carbocycles. The molecule has 0 aliphatic heterocycles. The smallest absolute Gasteiger partial charge is 0.339 e. The van der Waals surface area contributed by atoms with Gasteiger partial charge in [0.2, 0.25) is 0 Å². The van der Waals surface area contributed by atoms with E-state index in [0.717, 1.165) is 38.2 Å². The number of ether oxygens (including phenoxy) is 2. The zero-order valence-electron chi connectivity index (χ0n) is 12.4. The molecule has 2 rings (SSSR count). The Morgan fingerprint density at radius 3 is 2.39 bits per heavy atom. The average Bonchev–Trinajstić information content (AvgIpc) is 2.55. The van der Waals surface area contributed by atoms with Crippen molar-refractivity contribution in [2.45, 2.75) is 31.8 Å². The van der Waals surface area contributed by atoms with Gasteiger partial charge in [0.25, 0.3) is 5.69 Å². The monoisotopic (exact) mass is 321 g/mol. The Morgan fingerprint density at radius 2 is 1.83 bits per heavy atom. The number of carbonyl (C=O) groups is 3. The van der Waals surface area contributed by atoms with Crippen molar-refractivity contribution in [3.63, 3.8) is 0 Å². The first-order chi connectivity index (χ1) is 10.9. The summed E-state index contributed by atoms with van der Waals surface area (Å²) in [4.78, 5) is 45.6. The molecule has 0 spiro atoms. The van der Waals surface area contributed by atoms with Crippen LogP contribution in [0.4, 0.5) is 5.69 Å². The van der Waals surface area contributed by atoms with Crippen molar-refractivity contribution in [3.8, 4) is 0 Å².